The highest BCUT2D eigenvalue weighted by atomic mass is 16.5. The van der Waals surface area contributed by atoms with Crippen LogP contribution in [0.1, 0.15) is 11.5 Å². The van der Waals surface area contributed by atoms with Gasteiger partial charge in [-0.05, 0) is 17.7 Å². The third-order valence-corrected chi connectivity index (χ3v) is 2.51. The first-order valence-electron chi connectivity index (χ1n) is 5.59. The predicted octanol–water partition coefficient (Wildman–Crippen LogP) is 1.17. The zero-order valence-electron chi connectivity index (χ0n) is 10.5. The van der Waals surface area contributed by atoms with Crippen molar-refractivity contribution in [3.05, 3.63) is 35.7 Å². The van der Waals surface area contributed by atoms with Gasteiger partial charge in [-0.25, -0.2) is 0 Å². The van der Waals surface area contributed by atoms with Crippen LogP contribution >= 0.6 is 0 Å². The van der Waals surface area contributed by atoms with Crippen LogP contribution in [0.2, 0.25) is 0 Å². The lowest BCUT2D eigenvalue weighted by Gasteiger charge is -2.14. The molecule has 1 aromatic carbocycles. The summed E-state index contributed by atoms with van der Waals surface area (Å²) in [5, 5.41) is 7.75. The van der Waals surface area contributed by atoms with Crippen LogP contribution in [0.25, 0.3) is 0 Å². The Morgan fingerprint density at radius 2 is 2.22 bits per heavy atom. The highest BCUT2D eigenvalue weighted by Gasteiger charge is 2.10. The Kier molecular flexibility index (Phi) is 3.78. The van der Waals surface area contributed by atoms with Gasteiger partial charge in [0.05, 0.1) is 13.7 Å². The van der Waals surface area contributed by atoms with Gasteiger partial charge in [-0.15, -0.1) is 5.10 Å². The average molecular weight is 248 g/mol. The smallest absolute Gasteiger partial charge is 0.318 e. The second-order valence-electron chi connectivity index (χ2n) is 3.89. The van der Waals surface area contributed by atoms with Crippen LogP contribution in [-0.2, 0) is 13.1 Å². The molecule has 2 aromatic rings. The molecule has 6 nitrogen and oxygen atoms in total. The molecule has 0 aliphatic carbocycles. The van der Waals surface area contributed by atoms with Crippen LogP contribution in [0.4, 0.5) is 6.01 Å². The number of methoxy groups -OCH3 is 1. The lowest BCUT2D eigenvalue weighted by Crippen LogP contribution is -2.16. The van der Waals surface area contributed by atoms with Crippen molar-refractivity contribution in [1.82, 2.24) is 10.2 Å². The van der Waals surface area contributed by atoms with E-state index in [-0.39, 0.29) is 6.54 Å². The summed E-state index contributed by atoms with van der Waals surface area (Å²) < 4.78 is 10.5. The van der Waals surface area contributed by atoms with Crippen molar-refractivity contribution in [2.45, 2.75) is 13.1 Å². The minimum atomic E-state index is 0.250. The SMILES string of the molecule is COc1cccc(CN(C)c2nnc(CN)o2)c1. The molecule has 0 amide bonds. The van der Waals surface area contributed by atoms with Gasteiger partial charge in [-0.2, -0.15) is 0 Å². The Morgan fingerprint density at radius 1 is 1.39 bits per heavy atom. The van der Waals surface area contributed by atoms with Gasteiger partial charge in [0.15, 0.2) is 0 Å². The molecule has 0 fully saturated rings. The highest BCUT2D eigenvalue weighted by Crippen LogP contribution is 2.17. The van der Waals surface area contributed by atoms with Crippen molar-refractivity contribution in [1.29, 1.82) is 0 Å². The lowest BCUT2D eigenvalue weighted by atomic mass is 10.2. The van der Waals surface area contributed by atoms with Gasteiger partial charge in [0.25, 0.3) is 0 Å². The minimum Gasteiger partial charge on any atom is -0.497 e. The van der Waals surface area contributed by atoms with E-state index in [1.165, 1.54) is 0 Å². The number of ether oxygens (including phenoxy) is 1. The fourth-order valence-electron chi connectivity index (χ4n) is 1.59. The number of hydrogen-bond donors (Lipinski definition) is 1. The molecule has 0 bridgehead atoms. The predicted molar refractivity (Wildman–Crippen MR) is 67.3 cm³/mol. The summed E-state index contributed by atoms with van der Waals surface area (Å²) in [5.74, 6) is 1.26. The third kappa shape index (κ3) is 2.78. The summed E-state index contributed by atoms with van der Waals surface area (Å²) in [5.41, 5.74) is 6.52. The number of benzene rings is 1. The maximum Gasteiger partial charge on any atom is 0.318 e. The average Bonchev–Trinajstić information content (AvgIpc) is 2.88. The van der Waals surface area contributed by atoms with Gasteiger partial charge >= 0.3 is 6.01 Å². The molecule has 0 saturated carbocycles. The van der Waals surface area contributed by atoms with Gasteiger partial charge in [0.2, 0.25) is 5.89 Å². The van der Waals surface area contributed by atoms with Crippen LogP contribution in [0.15, 0.2) is 28.7 Å². The van der Waals surface area contributed by atoms with Crippen molar-refractivity contribution in [3.63, 3.8) is 0 Å². The first-order valence-corrected chi connectivity index (χ1v) is 5.59. The molecule has 0 aliphatic rings. The van der Waals surface area contributed by atoms with E-state index >= 15 is 0 Å². The fourth-order valence-corrected chi connectivity index (χ4v) is 1.59. The van der Waals surface area contributed by atoms with Crippen LogP contribution in [-0.4, -0.2) is 24.4 Å². The van der Waals surface area contributed by atoms with Crippen molar-refractivity contribution < 1.29 is 9.15 Å². The van der Waals surface area contributed by atoms with E-state index in [0.29, 0.717) is 18.5 Å². The number of anilines is 1. The molecule has 0 atom stereocenters. The number of hydrogen-bond acceptors (Lipinski definition) is 6. The van der Waals surface area contributed by atoms with E-state index in [2.05, 4.69) is 10.2 Å². The van der Waals surface area contributed by atoms with Crippen LogP contribution in [0.5, 0.6) is 5.75 Å². The molecule has 0 spiro atoms. The second kappa shape index (κ2) is 5.50. The summed E-state index contributed by atoms with van der Waals surface area (Å²) in [4.78, 5) is 1.86. The van der Waals surface area contributed by atoms with E-state index in [9.17, 15) is 0 Å². The number of nitrogens with zero attached hydrogens (tertiary/aromatic N) is 3. The monoisotopic (exact) mass is 248 g/mol. The van der Waals surface area contributed by atoms with E-state index in [1.807, 2.05) is 36.2 Å². The molecule has 2 N–H and O–H groups in total. The largest absolute Gasteiger partial charge is 0.497 e. The number of nitrogens with two attached hydrogens (primary N) is 1. The first kappa shape index (κ1) is 12.4. The Labute approximate surface area is 105 Å². The van der Waals surface area contributed by atoms with Gasteiger partial charge in [0, 0.05) is 13.6 Å². The fraction of sp³-hybridized carbons (Fsp3) is 0.333. The molecule has 18 heavy (non-hydrogen) atoms. The van der Waals surface area contributed by atoms with Crippen molar-refractivity contribution in [2.75, 3.05) is 19.1 Å². The van der Waals surface area contributed by atoms with Crippen molar-refractivity contribution in [3.8, 4) is 5.75 Å². The standard InChI is InChI=1S/C12H16N4O2/c1-16(12-15-14-11(7-13)18-12)8-9-4-3-5-10(6-9)17-2/h3-6H,7-8,13H2,1-2H3. The van der Waals surface area contributed by atoms with Gasteiger partial charge in [-0.3, -0.25) is 0 Å². The molecule has 2 rings (SSSR count). The molecule has 96 valence electrons. The number of aromatic nitrogens is 2. The molecular formula is C12H16N4O2. The van der Waals surface area contributed by atoms with Crippen LogP contribution in [0.3, 0.4) is 0 Å². The second-order valence-corrected chi connectivity index (χ2v) is 3.89. The quantitative estimate of drug-likeness (QED) is 0.856. The summed E-state index contributed by atoms with van der Waals surface area (Å²) in [6.07, 6.45) is 0. The van der Waals surface area contributed by atoms with Gasteiger partial charge in [-0.1, -0.05) is 17.2 Å². The van der Waals surface area contributed by atoms with Crippen LogP contribution in [0, 0.1) is 0 Å². The van der Waals surface area contributed by atoms with Crippen molar-refractivity contribution >= 4 is 6.01 Å². The van der Waals surface area contributed by atoms with E-state index in [0.717, 1.165) is 11.3 Å². The minimum absolute atomic E-state index is 0.250. The lowest BCUT2D eigenvalue weighted by molar-refractivity contribution is 0.414. The maximum atomic E-state index is 5.42. The summed E-state index contributed by atoms with van der Waals surface area (Å²) >= 11 is 0. The third-order valence-electron chi connectivity index (χ3n) is 2.51. The molecule has 0 unspecified atom stereocenters. The zero-order chi connectivity index (χ0) is 13.0. The highest BCUT2D eigenvalue weighted by molar-refractivity contribution is 5.32. The maximum absolute atomic E-state index is 5.42. The van der Waals surface area contributed by atoms with E-state index in [1.54, 1.807) is 7.11 Å². The molecule has 0 radical (unpaired) electrons. The Morgan fingerprint density at radius 3 is 2.89 bits per heavy atom. The summed E-state index contributed by atoms with van der Waals surface area (Å²) in [6.45, 7) is 0.906. The first-order chi connectivity index (χ1) is 8.72. The molecule has 1 heterocycles. The van der Waals surface area contributed by atoms with Crippen LogP contribution < -0.4 is 15.4 Å². The molecule has 6 heteroatoms. The topological polar surface area (TPSA) is 77.4 Å². The summed E-state index contributed by atoms with van der Waals surface area (Å²) in [6, 6.07) is 8.29. The summed E-state index contributed by atoms with van der Waals surface area (Å²) in [7, 11) is 3.53. The molecule has 1 aromatic heterocycles. The molecule has 0 saturated heterocycles. The van der Waals surface area contributed by atoms with Gasteiger partial charge < -0.3 is 19.8 Å². The normalized spacial score (nSPS) is 10.4. The Bertz CT molecular complexity index is 512. The number of rotatable bonds is 5. The zero-order valence-corrected chi connectivity index (χ0v) is 10.5. The molecular weight excluding hydrogens is 232 g/mol. The Balaban J connectivity index is 2.08. The van der Waals surface area contributed by atoms with E-state index < -0.39 is 0 Å². The molecule has 0 aliphatic heterocycles. The van der Waals surface area contributed by atoms with E-state index in [4.69, 9.17) is 14.9 Å². The Hall–Kier alpha value is -2.08. The van der Waals surface area contributed by atoms with Crippen molar-refractivity contribution in [2.24, 2.45) is 5.73 Å². The van der Waals surface area contributed by atoms with Gasteiger partial charge in [0.1, 0.15) is 5.75 Å².